The summed E-state index contributed by atoms with van der Waals surface area (Å²) >= 11 is 7.75. The third-order valence-corrected chi connectivity index (χ3v) is 4.47. The highest BCUT2D eigenvalue weighted by Crippen LogP contribution is 2.38. The molecule has 3 aromatic rings. The lowest BCUT2D eigenvalue weighted by atomic mass is 9.83. The Kier molecular flexibility index (Phi) is 4.66. The molecule has 3 rings (SSSR count). The molecule has 0 atom stereocenters. The minimum Gasteiger partial charge on any atom is -0.374 e. The fourth-order valence-corrected chi connectivity index (χ4v) is 3.07. The molecule has 0 saturated heterocycles. The van der Waals surface area contributed by atoms with E-state index in [0.717, 1.165) is 0 Å². The van der Waals surface area contributed by atoms with Gasteiger partial charge in [-0.05, 0) is 17.4 Å². The predicted molar refractivity (Wildman–Crippen MR) is 93.8 cm³/mol. The number of thioether (sulfide) groups is 1. The van der Waals surface area contributed by atoms with Crippen LogP contribution in [0.3, 0.4) is 0 Å². The van der Waals surface area contributed by atoms with E-state index in [1.54, 1.807) is 0 Å². The molecule has 0 unspecified atom stereocenters. The van der Waals surface area contributed by atoms with Gasteiger partial charge in [0.1, 0.15) is 5.69 Å². The van der Waals surface area contributed by atoms with E-state index in [4.69, 9.17) is 11.6 Å². The molecule has 0 spiro atoms. The van der Waals surface area contributed by atoms with Gasteiger partial charge in [0.15, 0.2) is 10.8 Å². The minimum absolute atomic E-state index is 0.331. The summed E-state index contributed by atoms with van der Waals surface area (Å²) in [5.41, 5.74) is 0.362. The van der Waals surface area contributed by atoms with Gasteiger partial charge in [0.2, 0.25) is 0 Å². The quantitative estimate of drug-likeness (QED) is 0.572. The van der Waals surface area contributed by atoms with Crippen LogP contribution in [0.25, 0.3) is 0 Å². The molecule has 116 valence electrons. The molecule has 0 aliphatic rings. The molecule has 0 radical (unpaired) electrons. The predicted octanol–water partition coefficient (Wildman–Crippen LogP) is 4.14. The number of aliphatic hydroxyl groups is 1. The highest BCUT2D eigenvalue weighted by molar-refractivity contribution is 7.98. The van der Waals surface area contributed by atoms with E-state index in [1.807, 2.05) is 66.9 Å². The Labute approximate surface area is 144 Å². The summed E-state index contributed by atoms with van der Waals surface area (Å²) < 4.78 is 0. The highest BCUT2D eigenvalue weighted by atomic mass is 35.5. The van der Waals surface area contributed by atoms with Gasteiger partial charge in [-0.1, -0.05) is 84.0 Å². The lowest BCUT2D eigenvalue weighted by Crippen LogP contribution is -2.30. The fraction of sp³-hybridized carbons (Fsp3) is 0.111. The maximum atomic E-state index is 11.6. The van der Waals surface area contributed by atoms with Crippen LogP contribution in [0.1, 0.15) is 16.8 Å². The summed E-state index contributed by atoms with van der Waals surface area (Å²) in [6.07, 6.45) is 3.42. The Hall–Kier alpha value is -1.88. The molecule has 0 amide bonds. The first-order valence-corrected chi connectivity index (χ1v) is 8.67. The molecule has 23 heavy (non-hydrogen) atoms. The zero-order valence-electron chi connectivity index (χ0n) is 12.5. The van der Waals surface area contributed by atoms with E-state index in [-0.39, 0.29) is 0 Å². The van der Waals surface area contributed by atoms with Gasteiger partial charge in [-0.2, -0.15) is 0 Å². The molecule has 3 nitrogen and oxygen atoms in total. The van der Waals surface area contributed by atoms with Crippen LogP contribution in [-0.2, 0) is 5.60 Å². The van der Waals surface area contributed by atoms with Crippen molar-refractivity contribution in [3.8, 4) is 0 Å². The van der Waals surface area contributed by atoms with E-state index in [9.17, 15) is 5.11 Å². The Morgan fingerprint density at radius 1 is 0.957 bits per heavy atom. The van der Waals surface area contributed by atoms with Gasteiger partial charge < -0.3 is 5.11 Å². The van der Waals surface area contributed by atoms with Crippen molar-refractivity contribution in [2.45, 2.75) is 10.8 Å². The smallest absolute Gasteiger partial charge is 0.187 e. The van der Waals surface area contributed by atoms with E-state index >= 15 is 0 Å². The second kappa shape index (κ2) is 6.71. The average Bonchev–Trinajstić information content (AvgIpc) is 2.63. The van der Waals surface area contributed by atoms with E-state index < -0.39 is 5.60 Å². The normalized spacial score (nSPS) is 11.4. The lowest BCUT2D eigenvalue weighted by molar-refractivity contribution is 0.120. The molecule has 0 saturated carbocycles. The van der Waals surface area contributed by atoms with Gasteiger partial charge in [-0.3, -0.25) is 0 Å². The van der Waals surface area contributed by atoms with E-state index in [2.05, 4.69) is 9.97 Å². The molecule has 2 aromatic carbocycles. The van der Waals surface area contributed by atoms with Crippen LogP contribution in [0, 0.1) is 0 Å². The van der Waals surface area contributed by atoms with Crippen LogP contribution < -0.4 is 0 Å². The second-order valence-corrected chi connectivity index (χ2v) is 6.18. The van der Waals surface area contributed by atoms with Gasteiger partial charge in [0.25, 0.3) is 0 Å². The van der Waals surface area contributed by atoms with Crippen molar-refractivity contribution >= 4 is 23.4 Å². The van der Waals surface area contributed by atoms with Crippen LogP contribution in [-0.4, -0.2) is 21.3 Å². The van der Waals surface area contributed by atoms with Crippen LogP contribution in [0.2, 0.25) is 5.02 Å². The fourth-order valence-electron chi connectivity index (χ4n) is 2.50. The van der Waals surface area contributed by atoms with Crippen molar-refractivity contribution in [2.24, 2.45) is 0 Å². The van der Waals surface area contributed by atoms with Crippen LogP contribution in [0.15, 0.2) is 72.0 Å². The zero-order chi connectivity index (χ0) is 16.3. The van der Waals surface area contributed by atoms with Crippen molar-refractivity contribution in [1.29, 1.82) is 0 Å². The number of hydrogen-bond donors (Lipinski definition) is 1. The summed E-state index contributed by atoms with van der Waals surface area (Å²) in [6.45, 7) is 0. The number of nitrogens with zero attached hydrogens (tertiary/aromatic N) is 2. The Balaban J connectivity index is 2.29. The van der Waals surface area contributed by atoms with E-state index in [0.29, 0.717) is 27.0 Å². The lowest BCUT2D eigenvalue weighted by Gasteiger charge is -2.29. The minimum atomic E-state index is -1.44. The molecular formula is C18H15ClN2OS. The van der Waals surface area contributed by atoms with Crippen molar-refractivity contribution < 1.29 is 5.11 Å². The number of halogens is 1. The van der Waals surface area contributed by atoms with Gasteiger partial charge in [0.05, 0.1) is 11.2 Å². The van der Waals surface area contributed by atoms with Crippen LogP contribution in [0.4, 0.5) is 0 Å². The second-order valence-electron chi connectivity index (χ2n) is 5.00. The summed E-state index contributed by atoms with van der Waals surface area (Å²) in [5.74, 6) is 0. The molecule has 1 heterocycles. The first-order chi connectivity index (χ1) is 11.2. The summed E-state index contributed by atoms with van der Waals surface area (Å²) in [5, 5.41) is 12.5. The summed E-state index contributed by atoms with van der Waals surface area (Å²) in [7, 11) is 0. The summed E-state index contributed by atoms with van der Waals surface area (Å²) in [6, 6.07) is 18.8. The maximum Gasteiger partial charge on any atom is 0.187 e. The number of hydrogen-bond acceptors (Lipinski definition) is 4. The van der Waals surface area contributed by atoms with Gasteiger partial charge in [0, 0.05) is 0 Å². The van der Waals surface area contributed by atoms with Crippen molar-refractivity contribution in [3.05, 3.63) is 88.7 Å². The molecule has 0 fully saturated rings. The molecule has 1 N–H and O–H groups in total. The van der Waals surface area contributed by atoms with Crippen molar-refractivity contribution in [3.63, 3.8) is 0 Å². The Morgan fingerprint density at radius 3 is 1.96 bits per heavy atom. The largest absolute Gasteiger partial charge is 0.374 e. The van der Waals surface area contributed by atoms with Gasteiger partial charge in [-0.15, -0.1) is 0 Å². The number of benzene rings is 2. The third-order valence-electron chi connectivity index (χ3n) is 3.63. The Bertz CT molecular complexity index is 757. The molecule has 0 bridgehead atoms. The highest BCUT2D eigenvalue weighted by Gasteiger charge is 2.37. The van der Waals surface area contributed by atoms with Gasteiger partial charge >= 0.3 is 0 Å². The summed E-state index contributed by atoms with van der Waals surface area (Å²) in [4.78, 5) is 8.65. The molecular weight excluding hydrogens is 328 g/mol. The third kappa shape index (κ3) is 2.98. The molecule has 1 aromatic heterocycles. The molecule has 0 aliphatic carbocycles. The standard InChI is InChI=1S/C18H15ClN2OS/c1-23-17-20-12-15(19)16(21-17)18(22,13-8-4-2-5-9-13)14-10-6-3-7-11-14/h2-12,22H,1H3. The van der Waals surface area contributed by atoms with Gasteiger partial charge in [-0.25, -0.2) is 9.97 Å². The SMILES string of the molecule is CSc1ncc(Cl)c(C(O)(c2ccccc2)c2ccccc2)n1. The first kappa shape index (κ1) is 16.0. The van der Waals surface area contributed by atoms with Crippen molar-refractivity contribution in [2.75, 3.05) is 6.26 Å². The maximum absolute atomic E-state index is 11.6. The van der Waals surface area contributed by atoms with E-state index in [1.165, 1.54) is 18.0 Å². The number of rotatable bonds is 4. The zero-order valence-corrected chi connectivity index (χ0v) is 14.1. The van der Waals surface area contributed by atoms with Crippen molar-refractivity contribution in [1.82, 2.24) is 9.97 Å². The first-order valence-electron chi connectivity index (χ1n) is 7.06. The Morgan fingerprint density at radius 2 is 1.48 bits per heavy atom. The number of aromatic nitrogens is 2. The topological polar surface area (TPSA) is 46.0 Å². The molecule has 0 aliphatic heterocycles. The molecule has 5 heteroatoms. The van der Waals surface area contributed by atoms with Crippen LogP contribution >= 0.6 is 23.4 Å². The monoisotopic (exact) mass is 342 g/mol. The van der Waals surface area contributed by atoms with Crippen LogP contribution in [0.5, 0.6) is 0 Å². The average molecular weight is 343 g/mol.